The second-order valence-corrected chi connectivity index (χ2v) is 9.36. The van der Waals surface area contributed by atoms with Gasteiger partial charge < -0.3 is 15.3 Å². The zero-order chi connectivity index (χ0) is 19.2. The number of carbonyl (C=O) groups excluding carboxylic acids is 1. The molecule has 27 heavy (non-hydrogen) atoms. The number of aliphatic carboxylic acids is 1. The molecular formula is C22H38N2O3. The molecule has 0 aromatic carbocycles. The zero-order valence-electron chi connectivity index (χ0n) is 16.9. The summed E-state index contributed by atoms with van der Waals surface area (Å²) >= 11 is 0. The third-order valence-electron chi connectivity index (χ3n) is 7.30. The van der Waals surface area contributed by atoms with E-state index in [0.29, 0.717) is 6.54 Å². The number of carboxylic acids is 1. The summed E-state index contributed by atoms with van der Waals surface area (Å²) in [4.78, 5) is 26.1. The Bertz CT molecular complexity index is 500. The van der Waals surface area contributed by atoms with Crippen LogP contribution < -0.4 is 5.32 Å². The molecule has 0 unspecified atom stereocenters. The molecule has 1 saturated carbocycles. The first kappa shape index (κ1) is 20.6. The SMILES string of the molecule is O=C(O)CCN1CCC2(CC1)CC1(CCCCCCCCCCC1)NC2=O. The quantitative estimate of drug-likeness (QED) is 0.775. The van der Waals surface area contributed by atoms with Gasteiger partial charge in [-0.1, -0.05) is 57.8 Å². The van der Waals surface area contributed by atoms with Crippen molar-refractivity contribution < 1.29 is 14.7 Å². The molecule has 1 aliphatic carbocycles. The van der Waals surface area contributed by atoms with Crippen molar-refractivity contribution in [3.8, 4) is 0 Å². The number of likely N-dealkylation sites (tertiary alicyclic amines) is 1. The summed E-state index contributed by atoms with van der Waals surface area (Å²) in [5.41, 5.74) is -0.170. The van der Waals surface area contributed by atoms with Crippen LogP contribution in [0.1, 0.15) is 96.3 Å². The van der Waals surface area contributed by atoms with Crippen LogP contribution in [0.5, 0.6) is 0 Å². The molecular weight excluding hydrogens is 340 g/mol. The van der Waals surface area contributed by atoms with Crippen molar-refractivity contribution >= 4 is 11.9 Å². The average molecular weight is 379 g/mol. The minimum absolute atomic E-state index is 0.0273. The normalized spacial score (nSPS) is 27.0. The molecule has 154 valence electrons. The minimum Gasteiger partial charge on any atom is -0.481 e. The maximum atomic E-state index is 13.0. The summed E-state index contributed by atoms with van der Waals surface area (Å²) in [6, 6.07) is 0. The van der Waals surface area contributed by atoms with Gasteiger partial charge in [-0.2, -0.15) is 0 Å². The van der Waals surface area contributed by atoms with Crippen molar-refractivity contribution in [1.29, 1.82) is 0 Å². The van der Waals surface area contributed by atoms with E-state index in [2.05, 4.69) is 10.2 Å². The maximum Gasteiger partial charge on any atom is 0.304 e. The van der Waals surface area contributed by atoms with E-state index in [1.807, 2.05) is 0 Å². The monoisotopic (exact) mass is 378 g/mol. The smallest absolute Gasteiger partial charge is 0.304 e. The Morgan fingerprint density at radius 1 is 0.889 bits per heavy atom. The Morgan fingerprint density at radius 2 is 1.41 bits per heavy atom. The van der Waals surface area contributed by atoms with Gasteiger partial charge in [0.05, 0.1) is 11.8 Å². The number of hydrogen-bond donors (Lipinski definition) is 2. The molecule has 0 atom stereocenters. The van der Waals surface area contributed by atoms with Crippen molar-refractivity contribution in [2.75, 3.05) is 19.6 Å². The summed E-state index contributed by atoms with van der Waals surface area (Å²) in [5, 5.41) is 12.4. The third-order valence-corrected chi connectivity index (χ3v) is 7.30. The van der Waals surface area contributed by atoms with Gasteiger partial charge in [-0.15, -0.1) is 0 Å². The molecule has 2 N–H and O–H groups in total. The summed E-state index contributed by atoms with van der Waals surface area (Å²) in [5.74, 6) is -0.450. The fourth-order valence-corrected chi connectivity index (χ4v) is 5.60. The number of amides is 1. The summed E-state index contributed by atoms with van der Waals surface area (Å²) in [7, 11) is 0. The fraction of sp³-hybridized carbons (Fsp3) is 0.909. The minimum atomic E-state index is -0.735. The molecule has 2 saturated heterocycles. The van der Waals surface area contributed by atoms with Gasteiger partial charge in [-0.3, -0.25) is 9.59 Å². The highest BCUT2D eigenvalue weighted by atomic mass is 16.4. The number of nitrogens with one attached hydrogen (secondary N) is 1. The van der Waals surface area contributed by atoms with Crippen molar-refractivity contribution in [3.05, 3.63) is 0 Å². The molecule has 3 rings (SSSR count). The molecule has 5 nitrogen and oxygen atoms in total. The van der Waals surface area contributed by atoms with Gasteiger partial charge in [0.2, 0.25) is 5.91 Å². The highest BCUT2D eigenvalue weighted by Crippen LogP contribution is 2.47. The number of rotatable bonds is 3. The predicted octanol–water partition coefficient (Wildman–Crippen LogP) is 4.11. The number of carbonyl (C=O) groups is 2. The Labute approximate surface area is 164 Å². The van der Waals surface area contributed by atoms with E-state index in [-0.39, 0.29) is 23.3 Å². The van der Waals surface area contributed by atoms with Gasteiger partial charge in [0.25, 0.3) is 0 Å². The molecule has 2 spiro atoms. The molecule has 0 aromatic rings. The van der Waals surface area contributed by atoms with Crippen LogP contribution in [0.25, 0.3) is 0 Å². The van der Waals surface area contributed by atoms with Gasteiger partial charge in [-0.25, -0.2) is 0 Å². The lowest BCUT2D eigenvalue weighted by atomic mass is 9.71. The third kappa shape index (κ3) is 5.46. The molecule has 2 aliphatic heterocycles. The van der Waals surface area contributed by atoms with Crippen molar-refractivity contribution in [3.63, 3.8) is 0 Å². The summed E-state index contributed by atoms with van der Waals surface area (Å²) in [6.07, 6.45) is 17.2. The van der Waals surface area contributed by atoms with Gasteiger partial charge in [0.15, 0.2) is 0 Å². The average Bonchev–Trinajstić information content (AvgIpc) is 2.90. The van der Waals surface area contributed by atoms with E-state index in [4.69, 9.17) is 5.11 Å². The van der Waals surface area contributed by atoms with Crippen LogP contribution in [-0.2, 0) is 9.59 Å². The van der Waals surface area contributed by atoms with Crippen LogP contribution >= 0.6 is 0 Å². The van der Waals surface area contributed by atoms with Gasteiger partial charge in [0.1, 0.15) is 0 Å². The molecule has 0 radical (unpaired) electrons. The van der Waals surface area contributed by atoms with Crippen LogP contribution in [0.3, 0.4) is 0 Å². The first-order valence-corrected chi connectivity index (χ1v) is 11.3. The first-order chi connectivity index (χ1) is 13.0. The topological polar surface area (TPSA) is 69.6 Å². The molecule has 5 heteroatoms. The van der Waals surface area contributed by atoms with Gasteiger partial charge in [0, 0.05) is 12.1 Å². The largest absolute Gasteiger partial charge is 0.481 e. The highest BCUT2D eigenvalue weighted by Gasteiger charge is 2.54. The number of nitrogens with zero attached hydrogens (tertiary/aromatic N) is 1. The van der Waals surface area contributed by atoms with E-state index in [9.17, 15) is 9.59 Å². The van der Waals surface area contributed by atoms with Crippen LogP contribution in [0.4, 0.5) is 0 Å². The van der Waals surface area contributed by atoms with Crippen molar-refractivity contribution in [2.24, 2.45) is 5.41 Å². The zero-order valence-corrected chi connectivity index (χ0v) is 16.9. The summed E-state index contributed by atoms with van der Waals surface area (Å²) < 4.78 is 0. The lowest BCUT2D eigenvalue weighted by Crippen LogP contribution is -2.44. The Morgan fingerprint density at radius 3 is 1.93 bits per heavy atom. The molecule has 0 bridgehead atoms. The van der Waals surface area contributed by atoms with Gasteiger partial charge >= 0.3 is 5.97 Å². The lowest BCUT2D eigenvalue weighted by molar-refractivity contribution is -0.138. The standard InChI is InChI=1S/C22H38N2O3/c25-19(26)10-15-24-16-13-21(14-17-24)18-22(23-20(21)27)11-8-6-4-2-1-3-5-7-9-12-22/h1-18H2,(H,23,27)(H,25,26). The van der Waals surface area contributed by atoms with Gasteiger partial charge in [-0.05, 0) is 45.2 Å². The van der Waals surface area contributed by atoms with E-state index in [1.54, 1.807) is 0 Å². The van der Waals surface area contributed by atoms with Crippen molar-refractivity contribution in [2.45, 2.75) is 102 Å². The molecule has 0 aromatic heterocycles. The lowest BCUT2D eigenvalue weighted by Gasteiger charge is -2.38. The van der Waals surface area contributed by atoms with Crippen LogP contribution in [-0.4, -0.2) is 47.1 Å². The van der Waals surface area contributed by atoms with E-state index < -0.39 is 5.97 Å². The van der Waals surface area contributed by atoms with Crippen LogP contribution in [0.15, 0.2) is 0 Å². The number of hydrogen-bond acceptors (Lipinski definition) is 3. The molecule has 3 aliphatic rings. The second kappa shape index (κ2) is 9.40. The van der Waals surface area contributed by atoms with Crippen LogP contribution in [0.2, 0.25) is 0 Å². The molecule has 2 heterocycles. The Hall–Kier alpha value is -1.10. The number of carboxylic acid groups (broad SMARTS) is 1. The maximum absolute atomic E-state index is 13.0. The van der Waals surface area contributed by atoms with E-state index in [0.717, 1.165) is 45.2 Å². The fourth-order valence-electron chi connectivity index (χ4n) is 5.60. The first-order valence-electron chi connectivity index (χ1n) is 11.3. The van der Waals surface area contributed by atoms with Crippen LogP contribution in [0, 0.1) is 5.41 Å². The second-order valence-electron chi connectivity index (χ2n) is 9.36. The molecule has 1 amide bonds. The predicted molar refractivity (Wildman–Crippen MR) is 107 cm³/mol. The highest BCUT2D eigenvalue weighted by molar-refractivity contribution is 5.86. The molecule has 3 fully saturated rings. The Balaban J connectivity index is 1.59. The van der Waals surface area contributed by atoms with Crippen molar-refractivity contribution in [1.82, 2.24) is 10.2 Å². The number of piperidine rings is 1. The van der Waals surface area contributed by atoms with E-state index >= 15 is 0 Å². The Kier molecular flexibility index (Phi) is 7.18. The summed E-state index contributed by atoms with van der Waals surface area (Å²) in [6.45, 7) is 2.33. The van der Waals surface area contributed by atoms with E-state index in [1.165, 1.54) is 57.8 Å².